The maximum absolute atomic E-state index is 13.1. The van der Waals surface area contributed by atoms with Crippen molar-refractivity contribution in [2.45, 2.75) is 13.3 Å². The zero-order valence-corrected chi connectivity index (χ0v) is 22.6. The number of hydrogen-bond donors (Lipinski definition) is 3. The third kappa shape index (κ3) is 5.77. The van der Waals surface area contributed by atoms with Crippen molar-refractivity contribution in [2.24, 2.45) is 10.2 Å². The number of fused-ring (bicyclic) bond motifs is 1. The Kier molecular flexibility index (Phi) is 8.01. The number of phenols is 1. The zero-order valence-electron chi connectivity index (χ0n) is 22.6. The van der Waals surface area contributed by atoms with E-state index in [1.807, 2.05) is 55.5 Å². The van der Waals surface area contributed by atoms with Gasteiger partial charge in [0, 0.05) is 22.2 Å². The van der Waals surface area contributed by atoms with Crippen LogP contribution in [0.5, 0.6) is 11.5 Å². The molecule has 0 bridgehead atoms. The molecule has 204 valence electrons. The minimum absolute atomic E-state index is 0.0776. The molecule has 41 heavy (non-hydrogen) atoms. The lowest BCUT2D eigenvalue weighted by Crippen LogP contribution is -2.13. The number of azo groups is 1. The average molecular weight is 545 g/mol. The highest BCUT2D eigenvalue weighted by molar-refractivity contribution is 6.11. The Morgan fingerprint density at radius 2 is 1.49 bits per heavy atom. The standard InChI is InChI=1S/C33H28N4O4/c1-3-24-27(18-19-28(31(24)41-2)35-32(39)21-12-6-4-7-13-21)36-37-29-25-17-11-10-14-22(25)20-26(30(29)38)33(40)34-23-15-8-5-9-16-23/h4-20,38H,3H2,1-2H3,(H,34,40)(H,35,39). The first-order valence-electron chi connectivity index (χ1n) is 13.1. The molecule has 0 saturated carbocycles. The number of carbonyl (C=O) groups is 2. The Bertz CT molecular complexity index is 1750. The Hall–Kier alpha value is -5.50. The minimum atomic E-state index is -0.467. The van der Waals surface area contributed by atoms with Crippen LogP contribution in [0.4, 0.5) is 22.7 Å². The molecule has 0 radical (unpaired) electrons. The molecule has 0 atom stereocenters. The lowest BCUT2D eigenvalue weighted by molar-refractivity contribution is 0.101. The summed E-state index contributed by atoms with van der Waals surface area (Å²) in [6.45, 7) is 1.95. The number of nitrogens with zero attached hydrogens (tertiary/aromatic N) is 2. The van der Waals surface area contributed by atoms with Crippen molar-refractivity contribution >= 4 is 45.3 Å². The molecule has 8 heteroatoms. The van der Waals surface area contributed by atoms with E-state index in [2.05, 4.69) is 20.9 Å². The fourth-order valence-electron chi connectivity index (χ4n) is 4.58. The highest BCUT2D eigenvalue weighted by atomic mass is 16.5. The monoisotopic (exact) mass is 544 g/mol. The van der Waals surface area contributed by atoms with Gasteiger partial charge in [-0.25, -0.2) is 0 Å². The molecule has 0 aromatic heterocycles. The first-order valence-corrected chi connectivity index (χ1v) is 13.1. The SMILES string of the molecule is CCc1c(N=Nc2c(O)c(C(=O)Nc3ccccc3)cc3ccccc23)ccc(NC(=O)c2ccccc2)c1OC. The van der Waals surface area contributed by atoms with Crippen LogP contribution in [0.15, 0.2) is 113 Å². The normalized spacial score (nSPS) is 11.0. The summed E-state index contributed by atoms with van der Waals surface area (Å²) in [5, 5.41) is 27.2. The van der Waals surface area contributed by atoms with Crippen molar-refractivity contribution < 1.29 is 19.4 Å². The van der Waals surface area contributed by atoms with Gasteiger partial charge in [0.1, 0.15) is 11.4 Å². The van der Waals surface area contributed by atoms with Crippen LogP contribution in [-0.4, -0.2) is 24.0 Å². The maximum atomic E-state index is 13.1. The van der Waals surface area contributed by atoms with Crippen LogP contribution in [0.3, 0.4) is 0 Å². The summed E-state index contributed by atoms with van der Waals surface area (Å²) in [6, 6.07) is 30.3. The molecule has 0 saturated heterocycles. The summed E-state index contributed by atoms with van der Waals surface area (Å²) < 4.78 is 5.68. The number of nitrogens with one attached hydrogen (secondary N) is 2. The summed E-state index contributed by atoms with van der Waals surface area (Å²) in [5.41, 5.74) is 3.11. The molecule has 2 amide bonds. The Balaban J connectivity index is 1.52. The molecule has 0 unspecified atom stereocenters. The van der Waals surface area contributed by atoms with E-state index in [-0.39, 0.29) is 22.9 Å². The van der Waals surface area contributed by atoms with Gasteiger partial charge in [0.25, 0.3) is 11.8 Å². The fraction of sp³-hybridized carbons (Fsp3) is 0.0909. The third-order valence-corrected chi connectivity index (χ3v) is 6.61. The molecule has 0 aliphatic rings. The second kappa shape index (κ2) is 12.1. The second-order valence-corrected chi connectivity index (χ2v) is 9.18. The van der Waals surface area contributed by atoms with Gasteiger partial charge in [-0.3, -0.25) is 9.59 Å². The summed E-state index contributed by atoms with van der Waals surface area (Å²) in [4.78, 5) is 25.9. The van der Waals surface area contributed by atoms with E-state index in [1.165, 1.54) is 7.11 Å². The molecule has 0 aliphatic carbocycles. The van der Waals surface area contributed by atoms with E-state index in [0.717, 1.165) is 10.9 Å². The predicted octanol–water partition coefficient (Wildman–Crippen LogP) is 8.04. The Morgan fingerprint density at radius 1 is 0.805 bits per heavy atom. The number of benzene rings is 5. The molecule has 5 aromatic carbocycles. The van der Waals surface area contributed by atoms with Crippen LogP contribution in [0, 0.1) is 0 Å². The molecule has 5 aromatic rings. The van der Waals surface area contributed by atoms with Crippen LogP contribution in [0.25, 0.3) is 10.8 Å². The molecule has 0 heterocycles. The van der Waals surface area contributed by atoms with Crippen molar-refractivity contribution in [3.8, 4) is 11.5 Å². The second-order valence-electron chi connectivity index (χ2n) is 9.18. The third-order valence-electron chi connectivity index (χ3n) is 6.61. The maximum Gasteiger partial charge on any atom is 0.259 e. The smallest absolute Gasteiger partial charge is 0.259 e. The van der Waals surface area contributed by atoms with Crippen LogP contribution in [-0.2, 0) is 6.42 Å². The molecular formula is C33H28N4O4. The van der Waals surface area contributed by atoms with Crippen molar-refractivity contribution in [1.29, 1.82) is 0 Å². The lowest BCUT2D eigenvalue weighted by atomic mass is 10.0. The van der Waals surface area contributed by atoms with Crippen LogP contribution < -0.4 is 15.4 Å². The van der Waals surface area contributed by atoms with Gasteiger partial charge < -0.3 is 20.5 Å². The number of para-hydroxylation sites is 1. The van der Waals surface area contributed by atoms with Gasteiger partial charge in [-0.2, -0.15) is 0 Å². The van der Waals surface area contributed by atoms with Gasteiger partial charge in [-0.15, -0.1) is 10.2 Å². The number of methoxy groups -OCH3 is 1. The number of phenolic OH excluding ortho intramolecular Hbond substituents is 1. The molecule has 3 N–H and O–H groups in total. The van der Waals surface area contributed by atoms with E-state index in [0.29, 0.717) is 40.2 Å². The summed E-state index contributed by atoms with van der Waals surface area (Å²) in [7, 11) is 1.53. The number of aromatic hydroxyl groups is 1. The van der Waals surface area contributed by atoms with Crippen molar-refractivity contribution in [1.82, 2.24) is 0 Å². The quantitative estimate of drug-likeness (QED) is 0.172. The number of carbonyl (C=O) groups excluding carboxylic acids is 2. The van der Waals surface area contributed by atoms with Gasteiger partial charge >= 0.3 is 0 Å². The number of rotatable bonds is 8. The van der Waals surface area contributed by atoms with E-state index >= 15 is 0 Å². The van der Waals surface area contributed by atoms with Crippen LogP contribution in [0.2, 0.25) is 0 Å². The number of hydrogen-bond acceptors (Lipinski definition) is 6. The molecule has 5 rings (SSSR count). The first-order chi connectivity index (χ1) is 20.0. The minimum Gasteiger partial charge on any atom is -0.505 e. The fourth-order valence-corrected chi connectivity index (χ4v) is 4.58. The Morgan fingerprint density at radius 3 is 2.20 bits per heavy atom. The first kappa shape index (κ1) is 27.1. The zero-order chi connectivity index (χ0) is 28.8. The molecule has 8 nitrogen and oxygen atoms in total. The summed E-state index contributed by atoms with van der Waals surface area (Å²) in [5.74, 6) is -0.538. The van der Waals surface area contributed by atoms with Crippen LogP contribution >= 0.6 is 0 Å². The average Bonchev–Trinajstić information content (AvgIpc) is 3.01. The predicted molar refractivity (Wildman–Crippen MR) is 161 cm³/mol. The van der Waals surface area contributed by atoms with Gasteiger partial charge in [0.05, 0.1) is 24.0 Å². The van der Waals surface area contributed by atoms with E-state index < -0.39 is 5.91 Å². The highest BCUT2D eigenvalue weighted by Gasteiger charge is 2.20. The van der Waals surface area contributed by atoms with Gasteiger partial charge in [-0.1, -0.05) is 67.6 Å². The molecule has 0 fully saturated rings. The number of amides is 2. The molecular weight excluding hydrogens is 516 g/mol. The van der Waals surface area contributed by atoms with Crippen molar-refractivity contribution in [3.05, 3.63) is 120 Å². The highest BCUT2D eigenvalue weighted by Crippen LogP contribution is 2.42. The van der Waals surface area contributed by atoms with E-state index in [9.17, 15) is 14.7 Å². The van der Waals surface area contributed by atoms with Crippen molar-refractivity contribution in [3.63, 3.8) is 0 Å². The summed E-state index contributed by atoms with van der Waals surface area (Å²) in [6.07, 6.45) is 0.541. The lowest BCUT2D eigenvalue weighted by Gasteiger charge is -2.15. The largest absolute Gasteiger partial charge is 0.505 e. The topological polar surface area (TPSA) is 112 Å². The van der Waals surface area contributed by atoms with E-state index in [1.54, 1.807) is 54.6 Å². The molecule has 0 spiro atoms. The van der Waals surface area contributed by atoms with Gasteiger partial charge in [0.2, 0.25) is 0 Å². The van der Waals surface area contributed by atoms with Gasteiger partial charge in [0.15, 0.2) is 5.75 Å². The number of anilines is 2. The molecule has 0 aliphatic heterocycles. The van der Waals surface area contributed by atoms with Gasteiger partial charge in [-0.05, 0) is 54.3 Å². The number of ether oxygens (including phenoxy) is 1. The van der Waals surface area contributed by atoms with E-state index in [4.69, 9.17) is 4.74 Å². The van der Waals surface area contributed by atoms with Crippen LogP contribution in [0.1, 0.15) is 33.2 Å². The Labute approximate surface area is 237 Å². The summed E-state index contributed by atoms with van der Waals surface area (Å²) >= 11 is 0. The van der Waals surface area contributed by atoms with Crippen molar-refractivity contribution in [2.75, 3.05) is 17.7 Å².